The van der Waals surface area contributed by atoms with Crippen LogP contribution in [-0.2, 0) is 57.1 Å². The maximum Gasteiger partial charge on any atom is 0.373 e. The second-order valence-electron chi connectivity index (χ2n) is 7.94. The van der Waals surface area contributed by atoms with Crippen molar-refractivity contribution >= 4 is 51.9 Å². The van der Waals surface area contributed by atoms with Crippen LogP contribution in [0.2, 0.25) is 0 Å². The number of rotatable bonds is 10. The summed E-state index contributed by atoms with van der Waals surface area (Å²) >= 11 is 3.39. The van der Waals surface area contributed by atoms with Crippen LogP contribution in [0, 0.1) is 0 Å². The maximum atomic E-state index is 12.8. The molecular formula is C25H29BrO12. The molecule has 2 rings (SSSR count). The normalized spacial score (nSPS) is 23.0. The van der Waals surface area contributed by atoms with Crippen molar-refractivity contribution in [2.75, 3.05) is 13.2 Å². The van der Waals surface area contributed by atoms with Crippen LogP contribution in [0.15, 0.2) is 34.5 Å². The van der Waals surface area contributed by atoms with E-state index in [9.17, 15) is 24.0 Å². The Balaban J connectivity index is 2.59. The number of esters is 5. The number of hydrogen-bond donors (Lipinski definition) is 0. The maximum absolute atomic E-state index is 12.8. The van der Waals surface area contributed by atoms with E-state index >= 15 is 0 Å². The fourth-order valence-corrected chi connectivity index (χ4v) is 3.88. The monoisotopic (exact) mass is 600 g/mol. The molecule has 38 heavy (non-hydrogen) atoms. The van der Waals surface area contributed by atoms with Gasteiger partial charge in [0.25, 0.3) is 0 Å². The minimum atomic E-state index is -1.59. The average molecular weight is 601 g/mol. The van der Waals surface area contributed by atoms with E-state index in [1.807, 2.05) is 0 Å². The summed E-state index contributed by atoms with van der Waals surface area (Å²) in [6.45, 7) is 5.63. The molecule has 1 aliphatic heterocycles. The van der Waals surface area contributed by atoms with Crippen LogP contribution in [0.3, 0.4) is 0 Å². The molecule has 0 radical (unpaired) electrons. The Morgan fingerprint density at radius 1 is 0.816 bits per heavy atom. The third-order valence-electron chi connectivity index (χ3n) is 4.86. The fourth-order valence-electron chi connectivity index (χ4n) is 3.49. The van der Waals surface area contributed by atoms with Gasteiger partial charge in [-0.25, -0.2) is 4.79 Å². The van der Waals surface area contributed by atoms with E-state index in [2.05, 4.69) is 15.9 Å². The molecule has 0 aromatic heterocycles. The topological polar surface area (TPSA) is 150 Å². The minimum Gasteiger partial charge on any atom is -0.463 e. The first-order valence-corrected chi connectivity index (χ1v) is 12.3. The van der Waals surface area contributed by atoms with Gasteiger partial charge < -0.3 is 33.2 Å². The van der Waals surface area contributed by atoms with Crippen LogP contribution < -0.4 is 0 Å². The summed E-state index contributed by atoms with van der Waals surface area (Å²) in [4.78, 5) is 60.2. The number of benzene rings is 1. The highest BCUT2D eigenvalue weighted by Gasteiger charge is 2.53. The Morgan fingerprint density at radius 3 is 1.95 bits per heavy atom. The second-order valence-corrected chi connectivity index (χ2v) is 8.79. The van der Waals surface area contributed by atoms with Crippen molar-refractivity contribution in [2.24, 2.45) is 0 Å². The molecule has 1 aliphatic rings. The molecule has 0 N–H and O–H groups in total. The lowest BCUT2D eigenvalue weighted by Crippen LogP contribution is -2.63. The Hall–Kier alpha value is -3.45. The summed E-state index contributed by atoms with van der Waals surface area (Å²) in [5.41, 5.74) is 0.543. The van der Waals surface area contributed by atoms with E-state index < -0.39 is 67.2 Å². The third-order valence-corrected chi connectivity index (χ3v) is 5.58. The van der Waals surface area contributed by atoms with Gasteiger partial charge in [0.15, 0.2) is 12.2 Å². The van der Waals surface area contributed by atoms with Crippen LogP contribution in [0.1, 0.15) is 40.2 Å². The van der Waals surface area contributed by atoms with Gasteiger partial charge >= 0.3 is 29.8 Å². The van der Waals surface area contributed by atoms with Crippen LogP contribution >= 0.6 is 15.9 Å². The summed E-state index contributed by atoms with van der Waals surface area (Å²) in [5, 5.41) is 0. The zero-order chi connectivity index (χ0) is 28.4. The Morgan fingerprint density at radius 2 is 1.39 bits per heavy atom. The fraction of sp³-hybridized carbons (Fsp3) is 0.480. The molecule has 0 saturated carbocycles. The summed E-state index contributed by atoms with van der Waals surface area (Å²) in [5.74, 6) is -4.25. The lowest BCUT2D eigenvalue weighted by Gasteiger charge is -2.43. The first-order valence-electron chi connectivity index (χ1n) is 11.5. The number of carbonyl (C=O) groups excluding carboxylic acids is 5. The standard InChI is InChI=1S/C25H29BrO12/c1-6-32-24(31)19(11-17-9-7-8-10-18(17)26)37-25-23(36-16(5)30)22(35-15(4)29)21(34-14(3)28)20(38-25)12-33-13(2)27/h7-11,20-23,25H,6,12H2,1-5H3. The SMILES string of the molecule is CCOC(=O)C(=Cc1ccccc1Br)OC1OC(COC(C)=O)C(OC(C)=O)C(OC(C)=O)C1OC(C)=O. The third kappa shape index (κ3) is 9.14. The summed E-state index contributed by atoms with van der Waals surface area (Å²) < 4.78 is 38.6. The lowest BCUT2D eigenvalue weighted by molar-refractivity contribution is -0.299. The molecule has 1 aromatic rings. The zero-order valence-corrected chi connectivity index (χ0v) is 23.1. The molecule has 1 aromatic carbocycles. The van der Waals surface area contributed by atoms with Crippen molar-refractivity contribution in [1.82, 2.24) is 0 Å². The number of carbonyl (C=O) groups is 5. The molecule has 0 aliphatic carbocycles. The highest BCUT2D eigenvalue weighted by atomic mass is 79.9. The van der Waals surface area contributed by atoms with Gasteiger partial charge in [0.1, 0.15) is 12.7 Å². The van der Waals surface area contributed by atoms with E-state index in [0.29, 0.717) is 10.0 Å². The van der Waals surface area contributed by atoms with Crippen LogP contribution in [0.5, 0.6) is 0 Å². The van der Waals surface area contributed by atoms with E-state index in [1.165, 1.54) is 6.08 Å². The highest BCUT2D eigenvalue weighted by molar-refractivity contribution is 9.10. The first-order chi connectivity index (χ1) is 17.9. The van der Waals surface area contributed by atoms with Crippen molar-refractivity contribution < 1.29 is 57.1 Å². The van der Waals surface area contributed by atoms with Crippen molar-refractivity contribution in [3.05, 3.63) is 40.1 Å². The molecule has 1 fully saturated rings. The Kier molecular flexibility index (Phi) is 11.7. The van der Waals surface area contributed by atoms with E-state index in [4.69, 9.17) is 33.2 Å². The van der Waals surface area contributed by atoms with Gasteiger partial charge in [0.2, 0.25) is 18.2 Å². The first kappa shape index (κ1) is 30.8. The quantitative estimate of drug-likeness (QED) is 0.168. The van der Waals surface area contributed by atoms with Gasteiger partial charge in [0.05, 0.1) is 6.61 Å². The molecule has 13 heteroatoms. The number of hydrogen-bond acceptors (Lipinski definition) is 12. The minimum absolute atomic E-state index is 0.0219. The molecule has 1 heterocycles. The van der Waals surface area contributed by atoms with Crippen LogP contribution in [0.4, 0.5) is 0 Å². The lowest BCUT2D eigenvalue weighted by atomic mass is 9.98. The van der Waals surface area contributed by atoms with Crippen molar-refractivity contribution in [1.29, 1.82) is 0 Å². The molecular weight excluding hydrogens is 572 g/mol. The summed E-state index contributed by atoms with van der Waals surface area (Å²) in [7, 11) is 0. The van der Waals surface area contributed by atoms with Gasteiger partial charge in [-0.3, -0.25) is 19.2 Å². The van der Waals surface area contributed by atoms with Gasteiger partial charge in [-0.15, -0.1) is 0 Å². The molecule has 5 atom stereocenters. The van der Waals surface area contributed by atoms with Crippen molar-refractivity contribution in [3.63, 3.8) is 0 Å². The number of halogens is 1. The average Bonchev–Trinajstić information content (AvgIpc) is 2.81. The van der Waals surface area contributed by atoms with Gasteiger partial charge in [-0.1, -0.05) is 34.1 Å². The van der Waals surface area contributed by atoms with Crippen LogP contribution in [0.25, 0.3) is 6.08 Å². The molecule has 208 valence electrons. The Labute approximate surface area is 227 Å². The summed E-state index contributed by atoms with van der Waals surface area (Å²) in [6, 6.07) is 6.93. The molecule has 0 amide bonds. The van der Waals surface area contributed by atoms with Gasteiger partial charge in [-0.2, -0.15) is 0 Å². The summed E-state index contributed by atoms with van der Waals surface area (Å²) in [6.07, 6.45) is -5.78. The van der Waals surface area contributed by atoms with E-state index in [1.54, 1.807) is 31.2 Å². The second kappa shape index (κ2) is 14.5. The zero-order valence-electron chi connectivity index (χ0n) is 21.5. The molecule has 5 unspecified atom stereocenters. The van der Waals surface area contributed by atoms with E-state index in [0.717, 1.165) is 27.7 Å². The predicted octanol–water partition coefficient (Wildman–Crippen LogP) is 2.45. The highest BCUT2D eigenvalue weighted by Crippen LogP contribution is 2.32. The van der Waals surface area contributed by atoms with Gasteiger partial charge in [-0.05, 0) is 24.6 Å². The smallest absolute Gasteiger partial charge is 0.373 e. The van der Waals surface area contributed by atoms with Crippen molar-refractivity contribution in [3.8, 4) is 0 Å². The number of ether oxygens (including phenoxy) is 7. The predicted molar refractivity (Wildman–Crippen MR) is 132 cm³/mol. The largest absolute Gasteiger partial charge is 0.463 e. The van der Waals surface area contributed by atoms with Crippen LogP contribution in [-0.4, -0.2) is 73.8 Å². The molecule has 12 nitrogen and oxygen atoms in total. The molecule has 0 spiro atoms. The van der Waals surface area contributed by atoms with Gasteiger partial charge in [0, 0.05) is 32.2 Å². The Bertz CT molecular complexity index is 1070. The molecule has 0 bridgehead atoms. The van der Waals surface area contributed by atoms with Crippen molar-refractivity contribution in [2.45, 2.75) is 65.3 Å². The van der Waals surface area contributed by atoms with E-state index in [-0.39, 0.29) is 12.4 Å². The molecule has 1 saturated heterocycles.